The van der Waals surface area contributed by atoms with Crippen molar-refractivity contribution in [1.82, 2.24) is 10.2 Å². The van der Waals surface area contributed by atoms with Crippen LogP contribution in [-0.4, -0.2) is 49.1 Å². The molecule has 21 heavy (non-hydrogen) atoms. The average Bonchev–Trinajstić information content (AvgIpc) is 2.46. The smallest absolute Gasteiger partial charge is 0.307 e. The topological polar surface area (TPSA) is 58.6 Å². The summed E-state index contributed by atoms with van der Waals surface area (Å²) in [6.45, 7) is 7.82. The first kappa shape index (κ1) is 18.0. The first-order valence-corrected chi connectivity index (χ1v) is 8.06. The predicted octanol–water partition coefficient (Wildman–Crippen LogP) is 1.95. The van der Waals surface area contributed by atoms with E-state index in [0.29, 0.717) is 12.3 Å². The number of carbonyl (C=O) groups is 2. The highest BCUT2D eigenvalue weighted by Crippen LogP contribution is 2.22. The Hall–Kier alpha value is -1.10. The van der Waals surface area contributed by atoms with Crippen LogP contribution in [0.3, 0.4) is 0 Å². The Bertz CT molecular complexity index is 344. The molecule has 0 saturated carbocycles. The number of ether oxygens (including phenoxy) is 1. The van der Waals surface area contributed by atoms with Gasteiger partial charge in [-0.15, -0.1) is 0 Å². The molecule has 1 amide bonds. The molecule has 0 bridgehead atoms. The molecule has 2 atom stereocenters. The van der Waals surface area contributed by atoms with Gasteiger partial charge in [0.05, 0.1) is 19.6 Å². The highest BCUT2D eigenvalue weighted by molar-refractivity contribution is 5.81. The van der Waals surface area contributed by atoms with Gasteiger partial charge in [-0.25, -0.2) is 0 Å². The van der Waals surface area contributed by atoms with E-state index in [9.17, 15) is 9.59 Å². The second kappa shape index (κ2) is 9.03. The summed E-state index contributed by atoms with van der Waals surface area (Å²) in [5, 5.41) is 3.00. The number of amides is 1. The van der Waals surface area contributed by atoms with Gasteiger partial charge in [-0.2, -0.15) is 0 Å². The maximum absolute atomic E-state index is 12.3. The second-order valence-corrected chi connectivity index (χ2v) is 6.32. The predicted molar refractivity (Wildman–Crippen MR) is 82.9 cm³/mol. The number of nitrogens with zero attached hydrogens (tertiary/aromatic N) is 1. The number of methoxy groups -OCH3 is 1. The molecule has 0 aromatic carbocycles. The van der Waals surface area contributed by atoms with E-state index in [1.165, 1.54) is 7.11 Å². The summed E-state index contributed by atoms with van der Waals surface area (Å²) < 4.78 is 4.77. The number of carbonyl (C=O) groups excluding carboxylic acids is 2. The van der Waals surface area contributed by atoms with Crippen molar-refractivity contribution in [2.45, 2.75) is 65.0 Å². The molecule has 0 aromatic rings. The molecular weight excluding hydrogens is 268 g/mol. The van der Waals surface area contributed by atoms with Crippen LogP contribution in [0, 0.1) is 5.92 Å². The van der Waals surface area contributed by atoms with Crippen molar-refractivity contribution >= 4 is 11.9 Å². The molecule has 0 aliphatic carbocycles. The zero-order chi connectivity index (χ0) is 15.8. The largest absolute Gasteiger partial charge is 0.469 e. The van der Waals surface area contributed by atoms with Crippen LogP contribution in [0.4, 0.5) is 0 Å². The molecule has 122 valence electrons. The summed E-state index contributed by atoms with van der Waals surface area (Å²) in [5.74, 6) is 0.453. The van der Waals surface area contributed by atoms with Gasteiger partial charge in [0.25, 0.3) is 0 Å². The van der Waals surface area contributed by atoms with Crippen LogP contribution in [-0.2, 0) is 14.3 Å². The number of esters is 1. The SMILES string of the molecule is COC(=O)CC1CCCCN1C(C)C(=O)NCCC(C)C. The van der Waals surface area contributed by atoms with Gasteiger partial charge in [0, 0.05) is 12.6 Å². The standard InChI is InChI=1S/C16H30N2O3/c1-12(2)8-9-17-16(20)13(3)18-10-6-5-7-14(18)11-15(19)21-4/h12-14H,5-11H2,1-4H3,(H,17,20). The molecule has 1 rings (SSSR count). The molecule has 2 unspecified atom stereocenters. The third kappa shape index (κ3) is 6.04. The minimum atomic E-state index is -0.195. The van der Waals surface area contributed by atoms with Gasteiger partial charge in [-0.05, 0) is 38.6 Å². The highest BCUT2D eigenvalue weighted by atomic mass is 16.5. The summed E-state index contributed by atoms with van der Waals surface area (Å²) in [5.41, 5.74) is 0. The molecule has 1 aliphatic rings. The zero-order valence-electron chi connectivity index (χ0n) is 13.9. The zero-order valence-corrected chi connectivity index (χ0v) is 13.9. The number of piperidine rings is 1. The van der Waals surface area contributed by atoms with Crippen molar-refractivity contribution in [1.29, 1.82) is 0 Å². The van der Waals surface area contributed by atoms with Crippen molar-refractivity contribution in [3.8, 4) is 0 Å². The third-order valence-electron chi connectivity index (χ3n) is 4.20. The molecule has 1 N–H and O–H groups in total. The first-order valence-electron chi connectivity index (χ1n) is 8.06. The van der Waals surface area contributed by atoms with Crippen molar-refractivity contribution in [2.75, 3.05) is 20.2 Å². The van der Waals surface area contributed by atoms with E-state index in [0.717, 1.165) is 38.8 Å². The highest BCUT2D eigenvalue weighted by Gasteiger charge is 2.31. The summed E-state index contributed by atoms with van der Waals surface area (Å²) in [6, 6.07) is -0.0656. The van der Waals surface area contributed by atoms with E-state index in [1.807, 2.05) is 6.92 Å². The van der Waals surface area contributed by atoms with Gasteiger partial charge in [0.2, 0.25) is 5.91 Å². The molecule has 5 nitrogen and oxygen atoms in total. The molecular formula is C16H30N2O3. The number of rotatable bonds is 7. The lowest BCUT2D eigenvalue weighted by Gasteiger charge is -2.38. The fourth-order valence-corrected chi connectivity index (χ4v) is 2.81. The molecule has 0 radical (unpaired) electrons. The van der Waals surface area contributed by atoms with Gasteiger partial charge in [-0.3, -0.25) is 14.5 Å². The Morgan fingerprint density at radius 1 is 1.29 bits per heavy atom. The Labute approximate surface area is 128 Å². The van der Waals surface area contributed by atoms with Gasteiger partial charge < -0.3 is 10.1 Å². The maximum Gasteiger partial charge on any atom is 0.307 e. The van der Waals surface area contributed by atoms with E-state index >= 15 is 0 Å². The van der Waals surface area contributed by atoms with Crippen molar-refractivity contribution < 1.29 is 14.3 Å². The monoisotopic (exact) mass is 298 g/mol. The molecule has 5 heteroatoms. The van der Waals surface area contributed by atoms with Crippen molar-refractivity contribution in [3.63, 3.8) is 0 Å². The third-order valence-corrected chi connectivity index (χ3v) is 4.20. The van der Waals surface area contributed by atoms with Gasteiger partial charge in [0.1, 0.15) is 0 Å². The number of hydrogen-bond donors (Lipinski definition) is 1. The lowest BCUT2D eigenvalue weighted by molar-refractivity contribution is -0.143. The maximum atomic E-state index is 12.3. The Balaban J connectivity index is 2.53. The Morgan fingerprint density at radius 2 is 2.00 bits per heavy atom. The molecule has 1 saturated heterocycles. The van der Waals surface area contributed by atoms with Gasteiger partial charge in [0.15, 0.2) is 0 Å². The summed E-state index contributed by atoms with van der Waals surface area (Å²) >= 11 is 0. The van der Waals surface area contributed by atoms with Crippen LogP contribution in [0.1, 0.15) is 52.9 Å². The summed E-state index contributed by atoms with van der Waals surface area (Å²) in [4.78, 5) is 25.9. The van der Waals surface area contributed by atoms with E-state index in [4.69, 9.17) is 4.74 Å². The second-order valence-electron chi connectivity index (χ2n) is 6.32. The minimum absolute atomic E-state index is 0.0624. The van der Waals surface area contributed by atoms with E-state index in [1.54, 1.807) is 0 Å². The molecule has 1 aliphatic heterocycles. The molecule has 1 fully saturated rings. The van der Waals surface area contributed by atoms with Crippen molar-refractivity contribution in [3.05, 3.63) is 0 Å². The van der Waals surface area contributed by atoms with Crippen LogP contribution in [0.5, 0.6) is 0 Å². The first-order chi connectivity index (χ1) is 9.95. The number of hydrogen-bond acceptors (Lipinski definition) is 4. The lowest BCUT2D eigenvalue weighted by atomic mass is 9.97. The van der Waals surface area contributed by atoms with Crippen molar-refractivity contribution in [2.24, 2.45) is 5.92 Å². The quantitative estimate of drug-likeness (QED) is 0.730. The van der Waals surface area contributed by atoms with Crippen LogP contribution in [0.15, 0.2) is 0 Å². The number of likely N-dealkylation sites (tertiary alicyclic amines) is 1. The Morgan fingerprint density at radius 3 is 2.62 bits per heavy atom. The van der Waals surface area contributed by atoms with E-state index in [2.05, 4.69) is 24.1 Å². The normalized spacial score (nSPS) is 21.1. The van der Waals surface area contributed by atoms with E-state index < -0.39 is 0 Å². The number of nitrogens with one attached hydrogen (secondary N) is 1. The van der Waals surface area contributed by atoms with Crippen LogP contribution in [0.25, 0.3) is 0 Å². The van der Waals surface area contributed by atoms with Crippen LogP contribution < -0.4 is 5.32 Å². The van der Waals surface area contributed by atoms with Crippen LogP contribution in [0.2, 0.25) is 0 Å². The van der Waals surface area contributed by atoms with E-state index in [-0.39, 0.29) is 24.0 Å². The fourth-order valence-electron chi connectivity index (χ4n) is 2.81. The molecule has 0 spiro atoms. The average molecular weight is 298 g/mol. The van der Waals surface area contributed by atoms with Gasteiger partial charge in [-0.1, -0.05) is 20.3 Å². The van der Waals surface area contributed by atoms with Gasteiger partial charge >= 0.3 is 5.97 Å². The molecule has 1 heterocycles. The lowest BCUT2D eigenvalue weighted by Crippen LogP contribution is -2.52. The summed E-state index contributed by atoms with van der Waals surface area (Å²) in [7, 11) is 1.41. The summed E-state index contributed by atoms with van der Waals surface area (Å²) in [6.07, 6.45) is 4.52. The Kier molecular flexibility index (Phi) is 7.72. The minimum Gasteiger partial charge on any atom is -0.469 e. The van der Waals surface area contributed by atoms with Crippen LogP contribution >= 0.6 is 0 Å². The molecule has 0 aromatic heterocycles. The fraction of sp³-hybridized carbons (Fsp3) is 0.875.